The summed E-state index contributed by atoms with van der Waals surface area (Å²) in [5, 5.41) is 3.52. The van der Waals surface area contributed by atoms with E-state index in [0.717, 1.165) is 5.56 Å². The van der Waals surface area contributed by atoms with E-state index in [9.17, 15) is 14.4 Å². The van der Waals surface area contributed by atoms with Crippen LogP contribution in [0.1, 0.15) is 43.9 Å². The molecule has 0 aliphatic carbocycles. The Balaban J connectivity index is 1.76. The van der Waals surface area contributed by atoms with Crippen molar-refractivity contribution in [2.45, 2.75) is 32.7 Å². The zero-order valence-corrected chi connectivity index (χ0v) is 26.5. The minimum atomic E-state index is -0.844. The van der Waals surface area contributed by atoms with E-state index in [1.54, 1.807) is 51.2 Å². The number of allylic oxidation sites excluding steroid dienone is 1. The number of nitrogens with zero attached hydrogens (tertiary/aromatic N) is 2. The maximum absolute atomic E-state index is 13.3. The molecule has 2 aromatic rings. The van der Waals surface area contributed by atoms with Crippen molar-refractivity contribution in [1.82, 2.24) is 15.1 Å². The van der Waals surface area contributed by atoms with E-state index in [1.807, 2.05) is 32.3 Å². The van der Waals surface area contributed by atoms with Crippen LogP contribution in [0.4, 0.5) is 4.79 Å². The quantitative estimate of drug-likeness (QED) is 0.260. The van der Waals surface area contributed by atoms with E-state index in [0.29, 0.717) is 27.7 Å². The minimum Gasteiger partial charge on any atom is -0.466 e. The molecule has 1 unspecified atom stereocenters. The predicted octanol–water partition coefficient (Wildman–Crippen LogP) is 5.06. The second-order valence-electron chi connectivity index (χ2n) is 10.3. The van der Waals surface area contributed by atoms with Crippen molar-refractivity contribution in [1.29, 1.82) is 0 Å². The van der Waals surface area contributed by atoms with Crippen molar-refractivity contribution in [3.8, 4) is 5.75 Å². The Labute approximate surface area is 258 Å². The molecular weight excluding hydrogens is 574 g/mol. The van der Waals surface area contributed by atoms with Crippen LogP contribution >= 0.6 is 11.6 Å². The molecule has 3 rings (SSSR count). The lowest BCUT2D eigenvalue weighted by Crippen LogP contribution is -2.36. The first kappa shape index (κ1) is 33.6. The monoisotopic (exact) mass is 613 g/mol. The van der Waals surface area contributed by atoms with E-state index in [1.165, 1.54) is 12.0 Å². The van der Waals surface area contributed by atoms with Crippen LogP contribution in [0.5, 0.6) is 5.75 Å². The third kappa shape index (κ3) is 8.37. The molecule has 1 N–H and O–H groups in total. The smallest absolute Gasteiger partial charge is 0.415 e. The summed E-state index contributed by atoms with van der Waals surface area (Å²) in [6.45, 7) is 5.97. The summed E-state index contributed by atoms with van der Waals surface area (Å²) in [5.74, 6) is -1.60. The number of esters is 2. The average Bonchev–Trinajstić information content (AvgIpc) is 2.98. The first-order valence-corrected chi connectivity index (χ1v) is 14.4. The van der Waals surface area contributed by atoms with Crippen LogP contribution in [0.15, 0.2) is 71.1 Å². The van der Waals surface area contributed by atoms with Gasteiger partial charge in [-0.2, -0.15) is 0 Å². The summed E-state index contributed by atoms with van der Waals surface area (Å²) in [6.07, 6.45) is -0.527. The van der Waals surface area contributed by atoms with Crippen LogP contribution in [0.3, 0.4) is 0 Å². The summed E-state index contributed by atoms with van der Waals surface area (Å²) in [5.41, 5.74) is 2.94. The van der Waals surface area contributed by atoms with Crippen LogP contribution < -0.4 is 10.1 Å². The number of benzene rings is 2. The number of nitrogens with one attached hydrogen (secondary N) is 1. The zero-order valence-electron chi connectivity index (χ0n) is 25.7. The van der Waals surface area contributed by atoms with Crippen molar-refractivity contribution < 1.29 is 33.3 Å². The molecule has 0 saturated heterocycles. The maximum atomic E-state index is 13.3. The molecule has 1 aliphatic rings. The van der Waals surface area contributed by atoms with Gasteiger partial charge in [-0.05, 0) is 64.2 Å². The van der Waals surface area contributed by atoms with Crippen LogP contribution in [-0.2, 0) is 23.8 Å². The van der Waals surface area contributed by atoms with Gasteiger partial charge in [0.2, 0.25) is 0 Å². The third-order valence-corrected chi connectivity index (χ3v) is 7.56. The largest absolute Gasteiger partial charge is 0.466 e. The molecule has 1 heterocycles. The molecule has 0 aromatic heterocycles. The summed E-state index contributed by atoms with van der Waals surface area (Å²) in [6, 6.07) is 14.6. The van der Waals surface area contributed by atoms with Gasteiger partial charge in [0.15, 0.2) is 0 Å². The molecule has 0 bridgehead atoms. The Morgan fingerprint density at radius 2 is 1.74 bits per heavy atom. The molecule has 0 fully saturated rings. The van der Waals surface area contributed by atoms with Gasteiger partial charge in [0.1, 0.15) is 5.75 Å². The average molecular weight is 614 g/mol. The SMILES string of the molecule is CCOC(=O)C1=C(COCCN(C)C(=O)Oc2cccc([C@H](C)N(C)C)c2)NC(C)=C(C(=O)OC)C1c1ccccc1Cl. The highest BCUT2D eigenvalue weighted by atomic mass is 35.5. The lowest BCUT2D eigenvalue weighted by Gasteiger charge is -2.31. The molecule has 2 atom stereocenters. The second kappa shape index (κ2) is 15.6. The van der Waals surface area contributed by atoms with E-state index in [4.69, 9.17) is 30.5 Å². The normalized spacial score (nSPS) is 15.6. The Bertz CT molecular complexity index is 1390. The van der Waals surface area contributed by atoms with E-state index >= 15 is 0 Å². The maximum Gasteiger partial charge on any atom is 0.415 e. The molecule has 43 heavy (non-hydrogen) atoms. The van der Waals surface area contributed by atoms with Crippen molar-refractivity contribution in [2.75, 3.05) is 54.6 Å². The first-order chi connectivity index (χ1) is 20.5. The Morgan fingerprint density at radius 1 is 1.02 bits per heavy atom. The highest BCUT2D eigenvalue weighted by Crippen LogP contribution is 2.41. The fraction of sp³-hybridized carbons (Fsp3) is 0.406. The predicted molar refractivity (Wildman–Crippen MR) is 164 cm³/mol. The molecule has 0 spiro atoms. The third-order valence-electron chi connectivity index (χ3n) is 7.21. The number of hydrogen-bond acceptors (Lipinski definition) is 9. The van der Waals surface area contributed by atoms with Gasteiger partial charge in [-0.15, -0.1) is 0 Å². The van der Waals surface area contributed by atoms with Gasteiger partial charge in [-0.3, -0.25) is 0 Å². The number of methoxy groups -OCH3 is 1. The number of halogens is 1. The lowest BCUT2D eigenvalue weighted by molar-refractivity contribution is -0.139. The topological polar surface area (TPSA) is 107 Å². The van der Waals surface area contributed by atoms with Crippen molar-refractivity contribution in [3.63, 3.8) is 0 Å². The van der Waals surface area contributed by atoms with Crippen LogP contribution in [0.2, 0.25) is 5.02 Å². The lowest BCUT2D eigenvalue weighted by atomic mass is 9.80. The molecule has 1 amide bonds. The van der Waals surface area contributed by atoms with E-state index in [-0.39, 0.29) is 43.6 Å². The van der Waals surface area contributed by atoms with Crippen molar-refractivity contribution in [2.24, 2.45) is 0 Å². The number of dihydropyridines is 1. The fourth-order valence-electron chi connectivity index (χ4n) is 4.64. The van der Waals surface area contributed by atoms with Gasteiger partial charge in [0, 0.05) is 30.4 Å². The number of hydrogen-bond donors (Lipinski definition) is 1. The molecule has 11 heteroatoms. The molecule has 0 radical (unpaired) electrons. The van der Waals surface area contributed by atoms with Gasteiger partial charge in [0.05, 0.1) is 49.7 Å². The zero-order chi connectivity index (χ0) is 31.7. The van der Waals surface area contributed by atoms with Gasteiger partial charge < -0.3 is 34.1 Å². The van der Waals surface area contributed by atoms with Crippen LogP contribution in [-0.4, -0.2) is 82.4 Å². The number of amides is 1. The van der Waals surface area contributed by atoms with Crippen LogP contribution in [0.25, 0.3) is 0 Å². The van der Waals surface area contributed by atoms with Gasteiger partial charge in [0.25, 0.3) is 0 Å². The number of carbonyl (C=O) groups is 3. The Hall–Kier alpha value is -3.86. The molecule has 10 nitrogen and oxygen atoms in total. The summed E-state index contributed by atoms with van der Waals surface area (Å²) < 4.78 is 21.9. The van der Waals surface area contributed by atoms with Gasteiger partial charge in [-0.25, -0.2) is 14.4 Å². The van der Waals surface area contributed by atoms with Crippen molar-refractivity contribution in [3.05, 3.63) is 87.2 Å². The molecule has 2 aromatic carbocycles. The molecule has 232 valence electrons. The summed E-state index contributed by atoms with van der Waals surface area (Å²) >= 11 is 6.55. The number of rotatable bonds is 12. The molecular formula is C32H40ClN3O7. The van der Waals surface area contributed by atoms with E-state index < -0.39 is 23.9 Å². The summed E-state index contributed by atoms with van der Waals surface area (Å²) in [7, 11) is 6.86. The second-order valence-corrected chi connectivity index (χ2v) is 10.7. The Kier molecular flexibility index (Phi) is 12.2. The highest BCUT2D eigenvalue weighted by molar-refractivity contribution is 6.31. The van der Waals surface area contributed by atoms with Gasteiger partial charge >= 0.3 is 18.0 Å². The van der Waals surface area contributed by atoms with Crippen molar-refractivity contribution >= 4 is 29.6 Å². The van der Waals surface area contributed by atoms with E-state index in [2.05, 4.69) is 17.1 Å². The summed E-state index contributed by atoms with van der Waals surface area (Å²) in [4.78, 5) is 42.4. The minimum absolute atomic E-state index is 0.0196. The fourth-order valence-corrected chi connectivity index (χ4v) is 4.89. The molecule has 0 saturated carbocycles. The number of ether oxygens (including phenoxy) is 4. The molecule has 1 aliphatic heterocycles. The van der Waals surface area contributed by atoms with Crippen LogP contribution in [0, 0.1) is 0 Å². The standard InChI is InChI=1S/C32H40ClN3O7/c1-8-42-31(38)29-26(34-20(2)27(30(37)40-7)28(29)24-14-9-10-15-25(24)33)19-41-17-16-36(6)32(39)43-23-13-11-12-22(18-23)21(3)35(4)5/h9-15,18,21,28,34H,8,16-17,19H2,1-7H3/t21-,28?/m0/s1. The number of likely N-dealkylation sites (N-methyl/N-ethyl adjacent to an activating group) is 1. The highest BCUT2D eigenvalue weighted by Gasteiger charge is 2.39. The number of carbonyl (C=O) groups excluding carboxylic acids is 3. The van der Waals surface area contributed by atoms with Gasteiger partial charge in [-0.1, -0.05) is 41.9 Å². The first-order valence-electron chi connectivity index (χ1n) is 14.0. The Morgan fingerprint density at radius 3 is 2.40 bits per heavy atom.